The third kappa shape index (κ3) is 2.47. The Hall–Kier alpha value is -1.87. The molecule has 2 unspecified atom stereocenters. The minimum absolute atomic E-state index is 0.0143. The highest BCUT2D eigenvalue weighted by atomic mass is 16.1. The molecule has 0 heterocycles. The third-order valence-electron chi connectivity index (χ3n) is 3.92. The fourth-order valence-electron chi connectivity index (χ4n) is 2.82. The molecule has 3 N–H and O–H groups in total. The first-order valence-electron chi connectivity index (χ1n) is 6.79. The summed E-state index contributed by atoms with van der Waals surface area (Å²) in [6.07, 6.45) is 2.91. The highest BCUT2D eigenvalue weighted by Gasteiger charge is 2.30. The summed E-state index contributed by atoms with van der Waals surface area (Å²) in [7, 11) is 0. The van der Waals surface area contributed by atoms with Crippen LogP contribution in [0.3, 0.4) is 0 Å². The summed E-state index contributed by atoms with van der Waals surface area (Å²) < 4.78 is 0. The lowest BCUT2D eigenvalue weighted by molar-refractivity contribution is -0.120. The highest BCUT2D eigenvalue weighted by molar-refractivity contribution is 5.96. The van der Waals surface area contributed by atoms with E-state index in [2.05, 4.69) is 11.4 Å². The Kier molecular flexibility index (Phi) is 3.22. The van der Waals surface area contributed by atoms with E-state index in [9.17, 15) is 4.79 Å². The number of hydrogen-bond donors (Lipinski definition) is 2. The molecule has 1 saturated carbocycles. The number of nitrogens with one attached hydrogen (secondary N) is 1. The minimum atomic E-state index is -0.0357. The number of carbonyl (C=O) groups excluding carboxylic acids is 1. The van der Waals surface area contributed by atoms with Crippen LogP contribution in [0.15, 0.2) is 42.5 Å². The lowest BCUT2D eigenvalue weighted by atomic mass is 10.0. The Morgan fingerprint density at radius 3 is 2.63 bits per heavy atom. The monoisotopic (exact) mass is 254 g/mol. The number of amides is 1. The molecule has 3 rings (SSSR count). The highest BCUT2D eigenvalue weighted by Crippen LogP contribution is 2.26. The van der Waals surface area contributed by atoms with Gasteiger partial charge in [0.2, 0.25) is 5.91 Å². The maximum absolute atomic E-state index is 12.2. The van der Waals surface area contributed by atoms with Crippen LogP contribution in [0.4, 0.5) is 5.69 Å². The molecular formula is C16H18N2O. The Balaban J connectivity index is 1.79. The van der Waals surface area contributed by atoms with Gasteiger partial charge in [-0.15, -0.1) is 0 Å². The SMILES string of the molecule is NC1CCCC1C(=O)Nc1ccc2ccccc2c1. The summed E-state index contributed by atoms with van der Waals surface area (Å²) in [6.45, 7) is 0. The summed E-state index contributed by atoms with van der Waals surface area (Å²) in [5.74, 6) is 0.0201. The molecule has 2 aromatic rings. The minimum Gasteiger partial charge on any atom is -0.327 e. The number of benzene rings is 2. The van der Waals surface area contributed by atoms with Crippen molar-refractivity contribution < 1.29 is 4.79 Å². The molecule has 3 heteroatoms. The van der Waals surface area contributed by atoms with Gasteiger partial charge in [0.05, 0.1) is 5.92 Å². The predicted octanol–water partition coefficient (Wildman–Crippen LogP) is 2.91. The number of nitrogens with two attached hydrogens (primary N) is 1. The van der Waals surface area contributed by atoms with E-state index < -0.39 is 0 Å². The van der Waals surface area contributed by atoms with Gasteiger partial charge in [-0.05, 0) is 35.7 Å². The largest absolute Gasteiger partial charge is 0.327 e. The maximum atomic E-state index is 12.2. The van der Waals surface area contributed by atoms with Crippen LogP contribution in [0.5, 0.6) is 0 Å². The molecule has 1 fully saturated rings. The van der Waals surface area contributed by atoms with Gasteiger partial charge in [-0.3, -0.25) is 4.79 Å². The molecule has 0 spiro atoms. The number of anilines is 1. The van der Waals surface area contributed by atoms with E-state index >= 15 is 0 Å². The van der Waals surface area contributed by atoms with E-state index in [1.54, 1.807) is 0 Å². The summed E-state index contributed by atoms with van der Waals surface area (Å²) in [6, 6.07) is 14.1. The molecule has 0 aliphatic heterocycles. The lowest BCUT2D eigenvalue weighted by Crippen LogP contribution is -2.34. The number of rotatable bonds is 2. The Bertz CT molecular complexity index is 608. The van der Waals surface area contributed by atoms with Gasteiger partial charge in [-0.25, -0.2) is 0 Å². The van der Waals surface area contributed by atoms with E-state index in [1.165, 1.54) is 5.39 Å². The van der Waals surface area contributed by atoms with Crippen LogP contribution < -0.4 is 11.1 Å². The number of carbonyl (C=O) groups is 1. The van der Waals surface area contributed by atoms with Crippen LogP contribution in [0, 0.1) is 5.92 Å². The van der Waals surface area contributed by atoms with Crippen LogP contribution in [0.2, 0.25) is 0 Å². The summed E-state index contributed by atoms with van der Waals surface area (Å²) in [5.41, 5.74) is 6.81. The standard InChI is InChI=1S/C16H18N2O/c17-15-7-3-6-14(15)16(19)18-13-9-8-11-4-1-2-5-12(11)10-13/h1-2,4-5,8-10,14-15H,3,6-7,17H2,(H,18,19). The molecule has 19 heavy (non-hydrogen) atoms. The summed E-state index contributed by atoms with van der Waals surface area (Å²) >= 11 is 0. The topological polar surface area (TPSA) is 55.1 Å². The van der Waals surface area contributed by atoms with Crippen LogP contribution in [0.1, 0.15) is 19.3 Å². The zero-order chi connectivity index (χ0) is 13.2. The van der Waals surface area contributed by atoms with Crippen molar-refractivity contribution >= 4 is 22.4 Å². The average Bonchev–Trinajstić information content (AvgIpc) is 2.85. The zero-order valence-electron chi connectivity index (χ0n) is 10.8. The van der Waals surface area contributed by atoms with Crippen LogP contribution in [-0.4, -0.2) is 11.9 Å². The van der Waals surface area contributed by atoms with Crippen LogP contribution in [-0.2, 0) is 4.79 Å². The molecule has 0 bridgehead atoms. The van der Waals surface area contributed by atoms with Gasteiger partial charge >= 0.3 is 0 Å². The lowest BCUT2D eigenvalue weighted by Gasteiger charge is -2.15. The van der Waals surface area contributed by atoms with Gasteiger partial charge in [0.1, 0.15) is 0 Å². The van der Waals surface area contributed by atoms with Crippen LogP contribution in [0.25, 0.3) is 10.8 Å². The van der Waals surface area contributed by atoms with E-state index in [0.29, 0.717) is 0 Å². The zero-order valence-corrected chi connectivity index (χ0v) is 10.8. The van der Waals surface area contributed by atoms with Crippen molar-refractivity contribution in [1.82, 2.24) is 0 Å². The second-order valence-corrected chi connectivity index (χ2v) is 5.25. The molecule has 0 saturated heterocycles. The van der Waals surface area contributed by atoms with E-state index in [1.807, 2.05) is 36.4 Å². The van der Waals surface area contributed by atoms with Gasteiger partial charge in [-0.1, -0.05) is 36.8 Å². The van der Waals surface area contributed by atoms with Crippen molar-refractivity contribution in [2.75, 3.05) is 5.32 Å². The van der Waals surface area contributed by atoms with Gasteiger partial charge in [-0.2, -0.15) is 0 Å². The second kappa shape index (κ2) is 5.02. The quantitative estimate of drug-likeness (QED) is 0.865. The number of hydrogen-bond acceptors (Lipinski definition) is 2. The molecule has 0 radical (unpaired) electrons. The van der Waals surface area contributed by atoms with Gasteiger partial charge < -0.3 is 11.1 Å². The molecule has 2 aromatic carbocycles. The second-order valence-electron chi connectivity index (χ2n) is 5.25. The van der Waals surface area contributed by atoms with Crippen molar-refractivity contribution in [3.05, 3.63) is 42.5 Å². The molecular weight excluding hydrogens is 236 g/mol. The normalized spacial score (nSPS) is 22.6. The molecule has 1 aliphatic rings. The van der Waals surface area contributed by atoms with E-state index in [-0.39, 0.29) is 17.9 Å². The Morgan fingerprint density at radius 2 is 1.89 bits per heavy atom. The van der Waals surface area contributed by atoms with Crippen molar-refractivity contribution in [2.45, 2.75) is 25.3 Å². The van der Waals surface area contributed by atoms with Gasteiger partial charge in [0, 0.05) is 11.7 Å². The molecule has 1 amide bonds. The van der Waals surface area contributed by atoms with Crippen molar-refractivity contribution in [1.29, 1.82) is 0 Å². The van der Waals surface area contributed by atoms with E-state index in [4.69, 9.17) is 5.73 Å². The van der Waals surface area contributed by atoms with Crippen molar-refractivity contribution in [3.8, 4) is 0 Å². The van der Waals surface area contributed by atoms with Gasteiger partial charge in [0.25, 0.3) is 0 Å². The van der Waals surface area contributed by atoms with Crippen molar-refractivity contribution in [2.24, 2.45) is 11.7 Å². The Morgan fingerprint density at radius 1 is 1.11 bits per heavy atom. The first kappa shape index (κ1) is 12.2. The first-order valence-corrected chi connectivity index (χ1v) is 6.79. The smallest absolute Gasteiger partial charge is 0.229 e. The summed E-state index contributed by atoms with van der Waals surface area (Å²) in [4.78, 5) is 12.2. The molecule has 98 valence electrons. The van der Waals surface area contributed by atoms with E-state index in [0.717, 1.165) is 30.3 Å². The molecule has 1 aliphatic carbocycles. The van der Waals surface area contributed by atoms with Crippen molar-refractivity contribution in [3.63, 3.8) is 0 Å². The predicted molar refractivity (Wildman–Crippen MR) is 77.9 cm³/mol. The fraction of sp³-hybridized carbons (Fsp3) is 0.312. The molecule has 0 aromatic heterocycles. The number of fused-ring (bicyclic) bond motifs is 1. The fourth-order valence-corrected chi connectivity index (χ4v) is 2.82. The maximum Gasteiger partial charge on any atom is 0.229 e. The molecule has 2 atom stereocenters. The third-order valence-corrected chi connectivity index (χ3v) is 3.92. The molecule has 3 nitrogen and oxygen atoms in total. The average molecular weight is 254 g/mol. The first-order chi connectivity index (χ1) is 9.24. The van der Waals surface area contributed by atoms with Gasteiger partial charge in [0.15, 0.2) is 0 Å². The Labute approximate surface area is 112 Å². The van der Waals surface area contributed by atoms with Crippen LogP contribution >= 0.6 is 0 Å². The summed E-state index contributed by atoms with van der Waals surface area (Å²) in [5, 5.41) is 5.30.